The first-order chi connectivity index (χ1) is 18.1. The lowest BCUT2D eigenvalue weighted by Gasteiger charge is -2.33. The molecule has 7 nitrogen and oxygen atoms in total. The van der Waals surface area contributed by atoms with Crippen molar-refractivity contribution in [2.24, 2.45) is 0 Å². The molecule has 1 aromatic heterocycles. The fraction of sp³-hybridized carbons (Fsp3) is 0.379. The molecule has 0 radical (unpaired) electrons. The second-order valence-corrected chi connectivity index (χ2v) is 9.62. The fourth-order valence-electron chi connectivity index (χ4n) is 5.12. The summed E-state index contributed by atoms with van der Waals surface area (Å²) < 4.78 is 24.5. The quantitative estimate of drug-likeness (QED) is 0.481. The zero-order valence-corrected chi connectivity index (χ0v) is 20.8. The molecular weight excluding hydrogens is 473 g/mol. The fourth-order valence-corrected chi connectivity index (χ4v) is 5.12. The van der Waals surface area contributed by atoms with Crippen LogP contribution in [0.2, 0.25) is 0 Å². The van der Waals surface area contributed by atoms with Crippen molar-refractivity contribution in [1.82, 2.24) is 10.2 Å². The number of nitrogens with zero attached hydrogens (tertiary/aromatic N) is 2. The number of amides is 2. The molecule has 0 spiro atoms. The third-order valence-corrected chi connectivity index (χ3v) is 7.11. The number of nitrogens with one attached hydrogen (secondary N) is 1. The van der Waals surface area contributed by atoms with Crippen molar-refractivity contribution in [3.05, 3.63) is 89.6 Å². The number of anilines is 1. The molecule has 1 N–H and O–H groups in total. The van der Waals surface area contributed by atoms with Gasteiger partial charge in [0.1, 0.15) is 11.9 Å². The molecule has 1 atom stereocenters. The molecule has 0 bridgehead atoms. The van der Waals surface area contributed by atoms with E-state index in [1.165, 1.54) is 23.3 Å². The van der Waals surface area contributed by atoms with E-state index in [-0.39, 0.29) is 30.1 Å². The van der Waals surface area contributed by atoms with Crippen molar-refractivity contribution >= 4 is 17.5 Å². The number of ether oxygens (including phenoxy) is 1. The van der Waals surface area contributed by atoms with Gasteiger partial charge in [-0.2, -0.15) is 0 Å². The van der Waals surface area contributed by atoms with Gasteiger partial charge in [0.05, 0.1) is 19.5 Å². The van der Waals surface area contributed by atoms with Crippen LogP contribution in [0.4, 0.5) is 10.1 Å². The maximum Gasteiger partial charge on any atom is 0.290 e. The van der Waals surface area contributed by atoms with Crippen molar-refractivity contribution in [3.8, 4) is 0 Å². The number of morpholine rings is 1. The number of hydrogen-bond donors (Lipinski definition) is 1. The minimum atomic E-state index is -0.887. The second-order valence-electron chi connectivity index (χ2n) is 9.62. The smallest absolute Gasteiger partial charge is 0.290 e. The third kappa shape index (κ3) is 6.02. The van der Waals surface area contributed by atoms with E-state index in [0.717, 1.165) is 44.5 Å². The predicted molar refractivity (Wildman–Crippen MR) is 138 cm³/mol. The van der Waals surface area contributed by atoms with Crippen molar-refractivity contribution in [2.45, 2.75) is 44.3 Å². The van der Waals surface area contributed by atoms with E-state index in [9.17, 15) is 14.0 Å². The van der Waals surface area contributed by atoms with Crippen LogP contribution in [0, 0.1) is 5.82 Å². The molecule has 2 aliphatic rings. The highest BCUT2D eigenvalue weighted by atomic mass is 19.1. The lowest BCUT2D eigenvalue weighted by atomic mass is 10.0. The summed E-state index contributed by atoms with van der Waals surface area (Å²) in [5.74, 6) is -0.848. The Balaban J connectivity index is 1.50. The molecular formula is C29H32FN3O4. The second kappa shape index (κ2) is 11.6. The van der Waals surface area contributed by atoms with E-state index < -0.39 is 11.9 Å². The van der Waals surface area contributed by atoms with Gasteiger partial charge >= 0.3 is 0 Å². The Morgan fingerprint density at radius 1 is 1.00 bits per heavy atom. The largest absolute Gasteiger partial charge is 0.459 e. The lowest BCUT2D eigenvalue weighted by molar-refractivity contribution is -0.126. The van der Waals surface area contributed by atoms with Crippen LogP contribution in [0.3, 0.4) is 0 Å². The van der Waals surface area contributed by atoms with Crippen LogP contribution in [0.5, 0.6) is 0 Å². The summed E-state index contributed by atoms with van der Waals surface area (Å²) >= 11 is 0. The number of carbonyl (C=O) groups excluding carboxylic acids is 2. The van der Waals surface area contributed by atoms with Gasteiger partial charge < -0.3 is 24.3 Å². The summed E-state index contributed by atoms with van der Waals surface area (Å²) in [4.78, 5) is 31.3. The molecule has 2 aromatic carbocycles. The topological polar surface area (TPSA) is 75.0 Å². The molecule has 1 aliphatic heterocycles. The summed E-state index contributed by atoms with van der Waals surface area (Å²) in [5.41, 5.74) is 2.46. The molecule has 2 heterocycles. The van der Waals surface area contributed by atoms with Crippen molar-refractivity contribution in [1.29, 1.82) is 0 Å². The minimum absolute atomic E-state index is 0.0917. The Kier molecular flexibility index (Phi) is 7.84. The zero-order chi connectivity index (χ0) is 25.6. The molecule has 3 aromatic rings. The van der Waals surface area contributed by atoms with Crippen LogP contribution >= 0.6 is 0 Å². The van der Waals surface area contributed by atoms with Crippen LogP contribution < -0.4 is 10.2 Å². The molecule has 37 heavy (non-hydrogen) atoms. The van der Waals surface area contributed by atoms with Crippen LogP contribution in [0.1, 0.15) is 53.4 Å². The molecule has 2 amide bonds. The standard InChI is InChI=1S/C29H32FN3O4/c30-23-11-7-21(8-12-23)20-33(29(35)26-6-3-17-37-26)27(28(34)31-24-4-1-2-5-24)22-9-13-25(14-10-22)32-15-18-36-19-16-32/h3,6-14,17,24,27H,1-2,4-5,15-16,18-20H2,(H,31,34)/t27-/m0/s1. The Morgan fingerprint density at radius 3 is 2.35 bits per heavy atom. The number of carbonyl (C=O) groups is 2. The Morgan fingerprint density at radius 2 is 1.70 bits per heavy atom. The summed E-state index contributed by atoms with van der Waals surface area (Å²) in [7, 11) is 0. The van der Waals surface area contributed by atoms with Crippen LogP contribution in [-0.2, 0) is 16.1 Å². The van der Waals surface area contributed by atoms with Gasteiger partial charge in [-0.15, -0.1) is 0 Å². The van der Waals surface area contributed by atoms with E-state index >= 15 is 0 Å². The van der Waals surface area contributed by atoms with E-state index in [4.69, 9.17) is 9.15 Å². The van der Waals surface area contributed by atoms with Crippen LogP contribution in [0.15, 0.2) is 71.3 Å². The van der Waals surface area contributed by atoms with Gasteiger partial charge in [-0.25, -0.2) is 4.39 Å². The molecule has 0 unspecified atom stereocenters. The Hall–Kier alpha value is -3.65. The highest BCUT2D eigenvalue weighted by Gasteiger charge is 2.35. The highest BCUT2D eigenvalue weighted by Crippen LogP contribution is 2.29. The molecule has 8 heteroatoms. The molecule has 194 valence electrons. The Labute approximate surface area is 216 Å². The number of furan rings is 1. The van der Waals surface area contributed by atoms with Crippen LogP contribution in [0.25, 0.3) is 0 Å². The maximum atomic E-state index is 13.8. The van der Waals surface area contributed by atoms with E-state index in [2.05, 4.69) is 10.2 Å². The van der Waals surface area contributed by atoms with Crippen molar-refractivity contribution in [3.63, 3.8) is 0 Å². The molecule has 1 saturated carbocycles. The highest BCUT2D eigenvalue weighted by molar-refractivity contribution is 5.96. The molecule has 1 aliphatic carbocycles. The SMILES string of the molecule is O=C(NC1CCCC1)[C@H](c1ccc(N2CCOCC2)cc1)N(Cc1ccc(F)cc1)C(=O)c1ccco1. The van der Waals surface area contributed by atoms with Crippen LogP contribution in [-0.4, -0.2) is 49.1 Å². The van der Waals surface area contributed by atoms with Gasteiger partial charge in [0.25, 0.3) is 5.91 Å². The molecule has 5 rings (SSSR count). The van der Waals surface area contributed by atoms with E-state index in [0.29, 0.717) is 24.3 Å². The monoisotopic (exact) mass is 505 g/mol. The summed E-state index contributed by atoms with van der Waals surface area (Å²) in [6.45, 7) is 3.08. The predicted octanol–water partition coefficient (Wildman–Crippen LogP) is 4.70. The lowest BCUT2D eigenvalue weighted by Crippen LogP contribution is -2.45. The van der Waals surface area contributed by atoms with Crippen molar-refractivity contribution < 1.29 is 23.1 Å². The van der Waals surface area contributed by atoms with Gasteiger partial charge in [0, 0.05) is 31.4 Å². The zero-order valence-electron chi connectivity index (χ0n) is 20.8. The average molecular weight is 506 g/mol. The minimum Gasteiger partial charge on any atom is -0.459 e. The first-order valence-electron chi connectivity index (χ1n) is 12.9. The Bertz CT molecular complexity index is 1170. The number of benzene rings is 2. The van der Waals surface area contributed by atoms with Gasteiger partial charge in [-0.3, -0.25) is 9.59 Å². The van der Waals surface area contributed by atoms with E-state index in [1.807, 2.05) is 24.3 Å². The maximum absolute atomic E-state index is 13.8. The number of halogens is 1. The number of hydrogen-bond acceptors (Lipinski definition) is 5. The van der Waals surface area contributed by atoms with Gasteiger partial charge in [-0.1, -0.05) is 37.1 Å². The third-order valence-electron chi connectivity index (χ3n) is 7.11. The van der Waals surface area contributed by atoms with Crippen molar-refractivity contribution in [2.75, 3.05) is 31.2 Å². The van der Waals surface area contributed by atoms with Gasteiger partial charge in [0.15, 0.2) is 5.76 Å². The number of rotatable bonds is 8. The van der Waals surface area contributed by atoms with Gasteiger partial charge in [0.2, 0.25) is 5.91 Å². The summed E-state index contributed by atoms with van der Waals surface area (Å²) in [5, 5.41) is 3.18. The van der Waals surface area contributed by atoms with Gasteiger partial charge in [-0.05, 0) is 60.4 Å². The first kappa shape index (κ1) is 25.0. The molecule has 1 saturated heterocycles. The summed E-state index contributed by atoms with van der Waals surface area (Å²) in [6, 6.07) is 16.2. The molecule has 2 fully saturated rings. The summed E-state index contributed by atoms with van der Waals surface area (Å²) in [6.07, 6.45) is 5.45. The average Bonchev–Trinajstić information content (AvgIpc) is 3.65. The normalized spacial score (nSPS) is 16.9. The first-order valence-corrected chi connectivity index (χ1v) is 12.9. The van der Waals surface area contributed by atoms with E-state index in [1.54, 1.807) is 24.3 Å².